The Kier molecular flexibility index (Phi) is 57.6. The highest BCUT2D eigenvalue weighted by atomic mass is 31.2. The smallest absolute Gasteiger partial charge is 0.462 e. The molecule has 0 aliphatic heterocycles. The monoisotopic (exact) mass is 1120 g/mol. The van der Waals surface area contributed by atoms with Crippen LogP contribution in [0.2, 0.25) is 0 Å². The van der Waals surface area contributed by atoms with E-state index in [0.717, 1.165) is 57.8 Å². The van der Waals surface area contributed by atoms with Crippen LogP contribution in [0.3, 0.4) is 0 Å². The Labute approximate surface area is 483 Å². The van der Waals surface area contributed by atoms with Crippen LogP contribution in [0.15, 0.2) is 60.8 Å². The molecule has 1 N–H and O–H groups in total. The van der Waals surface area contributed by atoms with Crippen molar-refractivity contribution in [1.82, 2.24) is 0 Å². The fourth-order valence-electron chi connectivity index (χ4n) is 9.48. The van der Waals surface area contributed by atoms with Gasteiger partial charge in [-0.15, -0.1) is 0 Å². The first-order chi connectivity index (χ1) is 38.0. The quantitative estimate of drug-likeness (QED) is 0.0211. The molecule has 2 atom stereocenters. The van der Waals surface area contributed by atoms with Gasteiger partial charge in [0.2, 0.25) is 0 Å². The van der Waals surface area contributed by atoms with Crippen molar-refractivity contribution in [3.63, 3.8) is 0 Å². The van der Waals surface area contributed by atoms with Gasteiger partial charge in [-0.05, 0) is 77.0 Å². The molecule has 456 valence electrons. The van der Waals surface area contributed by atoms with E-state index < -0.39 is 26.5 Å². The average molecular weight is 1120 g/mol. The van der Waals surface area contributed by atoms with Crippen LogP contribution >= 0.6 is 7.82 Å². The number of unbranched alkanes of at least 4 members (excludes halogenated alkanes) is 37. The second-order valence-corrected chi connectivity index (χ2v) is 24.9. The summed E-state index contributed by atoms with van der Waals surface area (Å²) in [5, 5.41) is 0. The number of carbonyl (C=O) groups is 2. The Morgan fingerprint density at radius 1 is 0.410 bits per heavy atom. The molecule has 0 fully saturated rings. The number of carbonyl (C=O) groups excluding carboxylic acids is 2. The zero-order valence-corrected chi connectivity index (χ0v) is 52.8. The summed E-state index contributed by atoms with van der Waals surface area (Å²) < 4.78 is 34.7. The largest absolute Gasteiger partial charge is 0.472 e. The van der Waals surface area contributed by atoms with E-state index in [1.807, 2.05) is 21.1 Å². The SMILES string of the molecule is CC/C=C\C/C=C\C/C=C\C/C=C\CCCCCCCCCCCCCCCCC(=O)OC(COC(=O)CCCCCCCCCCCCCCCCC/C=C\CCCCCCCCCC)COP(=O)(O)OCC[N+](C)(C)C. The zero-order valence-electron chi connectivity index (χ0n) is 51.9. The highest BCUT2D eigenvalue weighted by molar-refractivity contribution is 7.47. The van der Waals surface area contributed by atoms with E-state index >= 15 is 0 Å². The van der Waals surface area contributed by atoms with Gasteiger partial charge >= 0.3 is 19.8 Å². The maximum absolute atomic E-state index is 12.9. The summed E-state index contributed by atoms with van der Waals surface area (Å²) in [4.78, 5) is 35.8. The first-order valence-electron chi connectivity index (χ1n) is 33.0. The number of phosphoric ester groups is 1. The van der Waals surface area contributed by atoms with Crippen molar-refractivity contribution < 1.29 is 42.1 Å². The summed E-state index contributed by atoms with van der Waals surface area (Å²) in [7, 11) is 1.49. The van der Waals surface area contributed by atoms with Gasteiger partial charge < -0.3 is 18.9 Å². The molecule has 9 nitrogen and oxygen atoms in total. The van der Waals surface area contributed by atoms with Crippen LogP contribution in [0.4, 0.5) is 0 Å². The number of ether oxygens (including phenoxy) is 2. The number of hydrogen-bond donors (Lipinski definition) is 1. The van der Waals surface area contributed by atoms with E-state index in [1.54, 1.807) is 0 Å². The van der Waals surface area contributed by atoms with Gasteiger partial charge in [0.1, 0.15) is 19.8 Å². The molecule has 0 aromatic carbocycles. The Balaban J connectivity index is 4.06. The molecule has 0 spiro atoms. The molecule has 0 saturated carbocycles. The number of phosphoric acid groups is 1. The lowest BCUT2D eigenvalue weighted by Gasteiger charge is -2.24. The number of hydrogen-bond acceptors (Lipinski definition) is 7. The van der Waals surface area contributed by atoms with E-state index in [2.05, 4.69) is 74.6 Å². The van der Waals surface area contributed by atoms with Crippen molar-refractivity contribution >= 4 is 19.8 Å². The predicted molar refractivity (Wildman–Crippen MR) is 335 cm³/mol. The van der Waals surface area contributed by atoms with Gasteiger partial charge in [-0.1, -0.05) is 280 Å². The first kappa shape index (κ1) is 75.7. The molecule has 0 rings (SSSR count). The summed E-state index contributed by atoms with van der Waals surface area (Å²) in [6.45, 7) is 4.37. The van der Waals surface area contributed by atoms with Crippen molar-refractivity contribution in [3.05, 3.63) is 60.8 Å². The molecule has 78 heavy (non-hydrogen) atoms. The topological polar surface area (TPSA) is 108 Å². The van der Waals surface area contributed by atoms with Gasteiger partial charge in [0, 0.05) is 12.8 Å². The summed E-state index contributed by atoms with van der Waals surface area (Å²) in [5.74, 6) is -0.785. The molecule has 0 amide bonds. The lowest BCUT2D eigenvalue weighted by atomic mass is 10.0. The second kappa shape index (κ2) is 59.3. The molecular weight excluding hydrogens is 990 g/mol. The predicted octanol–water partition coefficient (Wildman–Crippen LogP) is 21.0. The standard InChI is InChI=1S/C68H126NO8P/c1-6-8-10-12-14-16-18-20-22-24-26-28-30-32-34-36-38-40-42-44-46-48-50-52-54-56-58-60-67(70)74-64-66(65-76-78(72,73)75-63-62-69(3,4)5)77-68(71)61-59-57-55-53-51-49-47-45-43-41-39-37-35-33-31-29-27-25-23-21-19-17-15-13-11-9-7-2/h9,11,15,17,21,23-24,26-27,29,66H,6-8,10,12-14,16,18-20,22,25,28,30-65H2,1-5H3/p+1/b11-9-,17-15-,23-21-,26-24-,29-27-. The Morgan fingerprint density at radius 3 is 1.10 bits per heavy atom. The zero-order chi connectivity index (χ0) is 57.0. The van der Waals surface area contributed by atoms with Crippen LogP contribution in [0.5, 0.6) is 0 Å². The second-order valence-electron chi connectivity index (χ2n) is 23.5. The van der Waals surface area contributed by atoms with Gasteiger partial charge in [-0.2, -0.15) is 0 Å². The van der Waals surface area contributed by atoms with E-state index in [1.165, 1.54) is 218 Å². The van der Waals surface area contributed by atoms with E-state index in [-0.39, 0.29) is 25.6 Å². The summed E-state index contributed by atoms with van der Waals surface area (Å²) in [5.41, 5.74) is 0. The highest BCUT2D eigenvalue weighted by Crippen LogP contribution is 2.43. The summed E-state index contributed by atoms with van der Waals surface area (Å²) in [6, 6.07) is 0. The highest BCUT2D eigenvalue weighted by Gasteiger charge is 2.27. The van der Waals surface area contributed by atoms with Crippen LogP contribution in [0.1, 0.15) is 309 Å². The fourth-order valence-corrected chi connectivity index (χ4v) is 10.2. The van der Waals surface area contributed by atoms with Crippen molar-refractivity contribution in [2.75, 3.05) is 47.5 Å². The fraction of sp³-hybridized carbons (Fsp3) is 0.824. The molecule has 0 aromatic rings. The Morgan fingerprint density at radius 2 is 0.731 bits per heavy atom. The number of likely N-dealkylation sites (N-methyl/N-ethyl adjacent to an activating group) is 1. The lowest BCUT2D eigenvalue weighted by Crippen LogP contribution is -2.37. The minimum atomic E-state index is -4.39. The number of nitrogens with zero attached hydrogens (tertiary/aromatic N) is 1. The average Bonchev–Trinajstić information content (AvgIpc) is 3.41. The van der Waals surface area contributed by atoms with Crippen molar-refractivity contribution in [3.8, 4) is 0 Å². The molecule has 0 aliphatic rings. The van der Waals surface area contributed by atoms with Crippen LogP contribution in [0.25, 0.3) is 0 Å². The molecule has 0 bridgehead atoms. The third-order valence-electron chi connectivity index (χ3n) is 14.5. The summed E-state index contributed by atoms with van der Waals surface area (Å²) in [6.07, 6.45) is 77.4. The van der Waals surface area contributed by atoms with Crippen LogP contribution in [-0.2, 0) is 32.7 Å². The van der Waals surface area contributed by atoms with Crippen molar-refractivity contribution in [2.24, 2.45) is 0 Å². The van der Waals surface area contributed by atoms with Crippen LogP contribution < -0.4 is 0 Å². The molecular formula is C68H127NO8P+. The van der Waals surface area contributed by atoms with Crippen molar-refractivity contribution in [2.45, 2.75) is 315 Å². The molecule has 10 heteroatoms. The minimum absolute atomic E-state index is 0.0318. The first-order valence-corrected chi connectivity index (χ1v) is 34.5. The van der Waals surface area contributed by atoms with E-state index in [0.29, 0.717) is 23.9 Å². The van der Waals surface area contributed by atoms with Crippen LogP contribution in [-0.4, -0.2) is 74.9 Å². The maximum atomic E-state index is 12.9. The maximum Gasteiger partial charge on any atom is 0.472 e. The molecule has 2 unspecified atom stereocenters. The molecule has 0 radical (unpaired) electrons. The molecule has 0 heterocycles. The normalized spacial score (nSPS) is 13.6. The van der Waals surface area contributed by atoms with E-state index in [9.17, 15) is 19.0 Å². The van der Waals surface area contributed by atoms with Crippen LogP contribution in [0, 0.1) is 0 Å². The van der Waals surface area contributed by atoms with Gasteiger partial charge in [0.15, 0.2) is 6.10 Å². The molecule has 0 saturated heterocycles. The van der Waals surface area contributed by atoms with Gasteiger partial charge in [0.25, 0.3) is 0 Å². The van der Waals surface area contributed by atoms with E-state index in [4.69, 9.17) is 18.5 Å². The number of quaternary nitrogens is 1. The third kappa shape index (κ3) is 62.9. The van der Waals surface area contributed by atoms with Gasteiger partial charge in [-0.25, -0.2) is 4.57 Å². The Bertz CT molecular complexity index is 1500. The number of allylic oxidation sites excluding steroid dienone is 10. The van der Waals surface area contributed by atoms with Gasteiger partial charge in [0.05, 0.1) is 27.7 Å². The molecule has 0 aromatic heterocycles. The Hall–Kier alpha value is -2.29. The number of esters is 2. The van der Waals surface area contributed by atoms with Gasteiger partial charge in [-0.3, -0.25) is 18.6 Å². The lowest BCUT2D eigenvalue weighted by molar-refractivity contribution is -0.870. The third-order valence-corrected chi connectivity index (χ3v) is 15.5. The summed E-state index contributed by atoms with van der Waals surface area (Å²) >= 11 is 0. The molecule has 0 aliphatic carbocycles. The number of rotatable bonds is 61. The van der Waals surface area contributed by atoms with Crippen molar-refractivity contribution in [1.29, 1.82) is 0 Å². The minimum Gasteiger partial charge on any atom is -0.462 e.